The molecular formula is C31H22Br4O3. The van der Waals surface area contributed by atoms with Crippen molar-refractivity contribution in [2.24, 2.45) is 0 Å². The number of carbonyl (C=O) groups is 1. The zero-order valence-electron chi connectivity index (χ0n) is 20.1. The topological polar surface area (TPSA) is 35.5 Å². The van der Waals surface area contributed by atoms with Crippen LogP contribution < -0.4 is 9.47 Å². The van der Waals surface area contributed by atoms with E-state index >= 15 is 0 Å². The van der Waals surface area contributed by atoms with Gasteiger partial charge in [-0.05, 0) is 69.8 Å². The van der Waals surface area contributed by atoms with Gasteiger partial charge in [0.2, 0.25) is 0 Å². The lowest BCUT2D eigenvalue weighted by atomic mass is 9.83. The van der Waals surface area contributed by atoms with E-state index < -0.39 is 0 Å². The summed E-state index contributed by atoms with van der Waals surface area (Å²) in [4.78, 5) is 14.0. The molecule has 4 aromatic rings. The number of benzene rings is 4. The van der Waals surface area contributed by atoms with E-state index in [4.69, 9.17) is 9.47 Å². The predicted molar refractivity (Wildman–Crippen MR) is 166 cm³/mol. The SMILES string of the molecule is O=C(C(CBr)c1ccc2c(c1)COc1cc(Br)ccc1-2)C(CBr)c1ccc2c(c1)COc1cc(Br)ccc1-2. The fraction of sp³-hybridized carbons (Fsp3) is 0.194. The quantitative estimate of drug-likeness (QED) is 0.184. The molecule has 0 aromatic heterocycles. The molecule has 2 unspecified atom stereocenters. The van der Waals surface area contributed by atoms with Crippen LogP contribution in [0, 0.1) is 0 Å². The van der Waals surface area contributed by atoms with Gasteiger partial charge >= 0.3 is 0 Å². The zero-order chi connectivity index (χ0) is 26.4. The zero-order valence-corrected chi connectivity index (χ0v) is 26.5. The Hall–Kier alpha value is -1.93. The summed E-state index contributed by atoms with van der Waals surface area (Å²) in [5.74, 6) is 1.37. The van der Waals surface area contributed by atoms with Crippen molar-refractivity contribution in [3.05, 3.63) is 104 Å². The van der Waals surface area contributed by atoms with Gasteiger partial charge in [0, 0.05) is 30.7 Å². The number of alkyl halides is 2. The van der Waals surface area contributed by atoms with Crippen LogP contribution in [-0.4, -0.2) is 16.4 Å². The number of hydrogen-bond acceptors (Lipinski definition) is 3. The molecule has 2 atom stereocenters. The van der Waals surface area contributed by atoms with Crippen molar-refractivity contribution in [2.75, 3.05) is 10.7 Å². The first-order valence-corrected chi connectivity index (χ1v) is 16.1. The van der Waals surface area contributed by atoms with Gasteiger partial charge in [-0.25, -0.2) is 0 Å². The van der Waals surface area contributed by atoms with Crippen molar-refractivity contribution in [1.29, 1.82) is 0 Å². The van der Waals surface area contributed by atoms with Crippen molar-refractivity contribution >= 4 is 69.5 Å². The molecule has 192 valence electrons. The minimum atomic E-state index is -0.278. The van der Waals surface area contributed by atoms with Gasteiger partial charge in [-0.15, -0.1) is 0 Å². The maximum Gasteiger partial charge on any atom is 0.149 e. The van der Waals surface area contributed by atoms with Crippen LogP contribution in [0.25, 0.3) is 22.3 Å². The number of fused-ring (bicyclic) bond motifs is 6. The molecule has 0 spiro atoms. The molecule has 0 bridgehead atoms. The van der Waals surface area contributed by atoms with Crippen molar-refractivity contribution in [2.45, 2.75) is 25.0 Å². The van der Waals surface area contributed by atoms with E-state index in [1.807, 2.05) is 24.3 Å². The molecule has 2 aliphatic rings. The number of ketones is 1. The molecule has 3 nitrogen and oxygen atoms in total. The highest BCUT2D eigenvalue weighted by atomic mass is 79.9. The first kappa shape index (κ1) is 26.3. The summed E-state index contributed by atoms with van der Waals surface area (Å²) in [5.41, 5.74) is 8.66. The third-order valence-electron chi connectivity index (χ3n) is 7.29. The first-order chi connectivity index (χ1) is 18.5. The van der Waals surface area contributed by atoms with E-state index in [0.717, 1.165) is 65.0 Å². The number of rotatable bonds is 6. The van der Waals surface area contributed by atoms with Crippen LogP contribution in [0.5, 0.6) is 11.5 Å². The van der Waals surface area contributed by atoms with Crippen LogP contribution in [0.2, 0.25) is 0 Å². The number of carbonyl (C=O) groups excluding carboxylic acids is 1. The maximum absolute atomic E-state index is 14.0. The summed E-state index contributed by atoms with van der Waals surface area (Å²) >= 11 is 14.3. The lowest BCUT2D eigenvalue weighted by Crippen LogP contribution is -2.24. The average Bonchev–Trinajstić information content (AvgIpc) is 2.93. The second-order valence-corrected chi connectivity index (χ2v) is 12.6. The smallest absolute Gasteiger partial charge is 0.149 e. The Labute approximate surface area is 255 Å². The number of ether oxygens (including phenoxy) is 2. The Morgan fingerprint density at radius 1 is 0.632 bits per heavy atom. The van der Waals surface area contributed by atoms with E-state index in [9.17, 15) is 4.79 Å². The number of Topliss-reactive ketones (excluding diaryl/α,β-unsaturated/α-hetero) is 1. The summed E-state index contributed by atoms with van der Waals surface area (Å²) in [5, 5.41) is 1.10. The molecule has 0 aliphatic carbocycles. The van der Waals surface area contributed by atoms with Crippen LogP contribution in [0.3, 0.4) is 0 Å². The van der Waals surface area contributed by atoms with Crippen molar-refractivity contribution in [1.82, 2.24) is 0 Å². The van der Waals surface area contributed by atoms with Gasteiger partial charge in [0.1, 0.15) is 30.5 Å². The molecule has 0 fully saturated rings. The standard InChI is InChI=1S/C31H22Br4O3/c32-13-27(17-1-5-23-19(9-17)15-37-29-11-21(34)3-7-25(23)29)31(36)28(14-33)18-2-6-24-20(10-18)16-38-30-12-22(35)4-8-26(24)30/h1-12,27-28H,13-16H2. The van der Waals surface area contributed by atoms with Crippen LogP contribution in [0.15, 0.2) is 81.7 Å². The number of halogens is 4. The normalized spacial score (nSPS) is 14.6. The van der Waals surface area contributed by atoms with Crippen molar-refractivity contribution in [3.8, 4) is 33.8 Å². The molecule has 0 radical (unpaired) electrons. The predicted octanol–water partition coefficient (Wildman–Crippen LogP) is 9.56. The summed E-state index contributed by atoms with van der Waals surface area (Å²) in [6, 6.07) is 24.9. The average molecular weight is 762 g/mol. The monoisotopic (exact) mass is 758 g/mol. The van der Waals surface area contributed by atoms with E-state index in [-0.39, 0.29) is 17.6 Å². The summed E-state index contributed by atoms with van der Waals surface area (Å²) in [7, 11) is 0. The molecule has 4 aromatic carbocycles. The Kier molecular flexibility index (Phi) is 7.55. The van der Waals surface area contributed by atoms with Gasteiger partial charge in [-0.1, -0.05) is 100 Å². The molecule has 2 aliphatic heterocycles. The molecular weight excluding hydrogens is 740 g/mol. The van der Waals surface area contributed by atoms with Gasteiger partial charge < -0.3 is 9.47 Å². The van der Waals surface area contributed by atoms with Crippen molar-refractivity contribution in [3.63, 3.8) is 0 Å². The molecule has 0 saturated heterocycles. The fourth-order valence-electron chi connectivity index (χ4n) is 5.31. The van der Waals surface area contributed by atoms with E-state index in [1.54, 1.807) is 0 Å². The molecule has 7 heteroatoms. The second-order valence-electron chi connectivity index (χ2n) is 9.51. The van der Waals surface area contributed by atoms with Crippen molar-refractivity contribution < 1.29 is 14.3 Å². The minimum absolute atomic E-state index is 0.181. The van der Waals surface area contributed by atoms with Gasteiger partial charge in [0.15, 0.2) is 0 Å². The third-order valence-corrected chi connectivity index (χ3v) is 9.57. The lowest BCUT2D eigenvalue weighted by molar-refractivity contribution is -0.121. The van der Waals surface area contributed by atoms with E-state index in [1.165, 1.54) is 0 Å². The Morgan fingerprint density at radius 3 is 1.47 bits per heavy atom. The Bertz CT molecular complexity index is 1450. The summed E-state index contributed by atoms with van der Waals surface area (Å²) in [6.07, 6.45) is 0. The molecule has 0 amide bonds. The van der Waals surface area contributed by atoms with Gasteiger partial charge in [-0.2, -0.15) is 0 Å². The minimum Gasteiger partial charge on any atom is -0.488 e. The largest absolute Gasteiger partial charge is 0.488 e. The lowest BCUT2D eigenvalue weighted by Gasteiger charge is -2.26. The van der Waals surface area contributed by atoms with Crippen LogP contribution in [0.4, 0.5) is 0 Å². The highest BCUT2D eigenvalue weighted by molar-refractivity contribution is 9.11. The van der Waals surface area contributed by atoms with Crippen LogP contribution in [-0.2, 0) is 18.0 Å². The fourth-order valence-corrected chi connectivity index (χ4v) is 7.38. The molecule has 0 N–H and O–H groups in total. The second kappa shape index (κ2) is 10.9. The van der Waals surface area contributed by atoms with Crippen LogP contribution >= 0.6 is 63.7 Å². The molecule has 0 saturated carbocycles. The first-order valence-electron chi connectivity index (χ1n) is 12.2. The maximum atomic E-state index is 14.0. The third kappa shape index (κ3) is 4.80. The Morgan fingerprint density at radius 2 is 1.05 bits per heavy atom. The summed E-state index contributed by atoms with van der Waals surface area (Å²) in [6.45, 7) is 0.973. The summed E-state index contributed by atoms with van der Waals surface area (Å²) < 4.78 is 14.1. The highest BCUT2D eigenvalue weighted by Crippen LogP contribution is 2.42. The van der Waals surface area contributed by atoms with E-state index in [2.05, 4.69) is 112 Å². The van der Waals surface area contributed by atoms with Gasteiger partial charge in [0.05, 0.1) is 11.8 Å². The van der Waals surface area contributed by atoms with E-state index in [0.29, 0.717) is 23.9 Å². The van der Waals surface area contributed by atoms with Crippen LogP contribution in [0.1, 0.15) is 34.1 Å². The highest BCUT2D eigenvalue weighted by Gasteiger charge is 2.30. The van der Waals surface area contributed by atoms with Gasteiger partial charge in [-0.3, -0.25) is 4.79 Å². The number of hydrogen-bond donors (Lipinski definition) is 0. The Balaban J connectivity index is 1.30. The molecule has 38 heavy (non-hydrogen) atoms. The molecule has 6 rings (SSSR count). The molecule has 2 heterocycles. The van der Waals surface area contributed by atoms with Gasteiger partial charge in [0.25, 0.3) is 0 Å².